The molecule has 17 heteroatoms. The average molecular weight is 632 g/mol. The van der Waals surface area contributed by atoms with E-state index in [9.17, 15) is 40.3 Å². The first-order chi connectivity index (χ1) is 18.8. The van der Waals surface area contributed by atoms with Crippen molar-refractivity contribution in [1.29, 1.82) is 0 Å². The first kappa shape index (κ1) is 32.8. The van der Waals surface area contributed by atoms with Crippen molar-refractivity contribution in [1.82, 2.24) is 20.1 Å². The number of rotatable bonds is 10. The van der Waals surface area contributed by atoms with Crippen molar-refractivity contribution in [2.24, 2.45) is 0 Å². The molecule has 3 rings (SSSR count). The number of aliphatic hydroxyl groups is 1. The summed E-state index contributed by atoms with van der Waals surface area (Å²) in [6.45, 7) is -0.147. The van der Waals surface area contributed by atoms with Crippen LogP contribution in [0.15, 0.2) is 12.3 Å². The molecule has 1 amide bonds. The Kier molecular flexibility index (Phi) is 9.50. The summed E-state index contributed by atoms with van der Waals surface area (Å²) in [6.07, 6.45) is -1.85. The number of carbonyl (C=O) groups is 1. The topological polar surface area (TPSA) is 135 Å². The zero-order valence-corrected chi connectivity index (χ0v) is 24.2. The molecule has 3 N–H and O–H groups in total. The number of hydrogen-bond acceptors (Lipinski definition) is 8. The van der Waals surface area contributed by atoms with Gasteiger partial charge in [0.2, 0.25) is 0 Å². The van der Waals surface area contributed by atoms with Gasteiger partial charge in [0, 0.05) is 31.6 Å². The van der Waals surface area contributed by atoms with Crippen LogP contribution in [0.5, 0.6) is 5.75 Å². The summed E-state index contributed by atoms with van der Waals surface area (Å²) in [6, 6.07) is 0.862. The zero-order valence-electron chi connectivity index (χ0n) is 22.6. The molecule has 1 aliphatic carbocycles. The Morgan fingerprint density at radius 3 is 2.41 bits per heavy atom. The van der Waals surface area contributed by atoms with Crippen molar-refractivity contribution >= 4 is 33.2 Å². The van der Waals surface area contributed by atoms with Gasteiger partial charge in [-0.1, -0.05) is 11.6 Å². The number of halogens is 6. The molecule has 10 nitrogen and oxygen atoms in total. The predicted molar refractivity (Wildman–Crippen MR) is 141 cm³/mol. The van der Waals surface area contributed by atoms with E-state index in [1.165, 1.54) is 4.68 Å². The molecule has 1 saturated carbocycles. The highest BCUT2D eigenvalue weighted by Crippen LogP contribution is 2.40. The Labute approximate surface area is 238 Å². The maximum Gasteiger partial charge on any atom is 0.410 e. The molecule has 0 unspecified atom stereocenters. The van der Waals surface area contributed by atoms with Crippen LogP contribution in [-0.2, 0) is 16.4 Å². The fourth-order valence-corrected chi connectivity index (χ4v) is 5.82. The highest BCUT2D eigenvalue weighted by atomic mass is 35.5. The number of hydrogen-bond donors (Lipinski definition) is 3. The van der Waals surface area contributed by atoms with E-state index in [1.54, 1.807) is 6.92 Å². The van der Waals surface area contributed by atoms with Gasteiger partial charge in [0.25, 0.3) is 5.91 Å². The molecule has 2 heterocycles. The lowest BCUT2D eigenvalue weighted by molar-refractivity contribution is -0.168. The molecule has 230 valence electrons. The van der Waals surface area contributed by atoms with E-state index in [-0.39, 0.29) is 60.7 Å². The third-order valence-electron chi connectivity index (χ3n) is 6.94. The Balaban J connectivity index is 1.89. The largest absolute Gasteiger partial charge is 0.434 e. The van der Waals surface area contributed by atoms with Gasteiger partial charge in [-0.05, 0) is 46.5 Å². The van der Waals surface area contributed by atoms with Gasteiger partial charge >= 0.3 is 12.8 Å². The Hall–Kier alpha value is -2.72. The fourth-order valence-electron chi connectivity index (χ4n) is 4.40. The van der Waals surface area contributed by atoms with Gasteiger partial charge in [-0.25, -0.2) is 13.4 Å². The summed E-state index contributed by atoms with van der Waals surface area (Å²) in [5.41, 5.74) is -4.31. The van der Waals surface area contributed by atoms with Crippen molar-refractivity contribution in [2.45, 2.75) is 82.2 Å². The number of pyridine rings is 1. The lowest BCUT2D eigenvalue weighted by Gasteiger charge is -2.35. The summed E-state index contributed by atoms with van der Waals surface area (Å²) in [5, 5.41) is 18.8. The minimum absolute atomic E-state index is 0.0449. The quantitative estimate of drug-likeness (QED) is 0.328. The minimum Gasteiger partial charge on any atom is -0.434 e. The number of anilines is 1. The smallest absolute Gasteiger partial charge is 0.410 e. The van der Waals surface area contributed by atoms with Gasteiger partial charge in [-0.15, -0.1) is 0 Å². The molecule has 1 fully saturated rings. The molecule has 41 heavy (non-hydrogen) atoms. The van der Waals surface area contributed by atoms with Gasteiger partial charge in [-0.2, -0.15) is 27.1 Å². The molecule has 0 aromatic carbocycles. The highest BCUT2D eigenvalue weighted by molar-refractivity contribution is 7.91. The summed E-state index contributed by atoms with van der Waals surface area (Å²) in [7, 11) is -3.26. The number of nitrogens with one attached hydrogen (secondary N) is 2. The van der Waals surface area contributed by atoms with E-state index >= 15 is 0 Å². The molecular weight excluding hydrogens is 601 g/mol. The van der Waals surface area contributed by atoms with Crippen LogP contribution in [0, 0.1) is 0 Å². The molecule has 0 spiro atoms. The number of sulfone groups is 1. The maximum atomic E-state index is 13.3. The lowest BCUT2D eigenvalue weighted by Crippen LogP contribution is -2.47. The zero-order chi connectivity index (χ0) is 31.0. The van der Waals surface area contributed by atoms with E-state index in [2.05, 4.69) is 25.5 Å². The molecule has 0 saturated heterocycles. The standard InChI is InChI=1S/C24H31ClF5N5O5S/c1-5-35-19(14-11-31-16(10-15(14)40-21(26)27)33-22(2,3)24(28,29)30)17(25)18(34-35)20(36)32-12-23(37)8-6-13(7-9-23)41(4,38)39/h10-11,13,21,37H,5-9,12H2,1-4H3,(H,31,33)(H,32,36). The second-order valence-corrected chi connectivity index (χ2v) is 13.2. The monoisotopic (exact) mass is 631 g/mol. The summed E-state index contributed by atoms with van der Waals surface area (Å²) < 4.78 is 95.9. The number of aryl methyl sites for hydroxylation is 1. The van der Waals surface area contributed by atoms with Gasteiger partial charge in [0.1, 0.15) is 26.9 Å². The minimum atomic E-state index is -4.69. The maximum absolute atomic E-state index is 13.3. The first-order valence-electron chi connectivity index (χ1n) is 12.5. The number of alkyl halides is 5. The van der Waals surface area contributed by atoms with Crippen molar-refractivity contribution in [3.63, 3.8) is 0 Å². The number of carbonyl (C=O) groups excluding carboxylic acids is 1. The van der Waals surface area contributed by atoms with Crippen LogP contribution in [0.3, 0.4) is 0 Å². The Morgan fingerprint density at radius 1 is 1.29 bits per heavy atom. The van der Waals surface area contributed by atoms with Gasteiger partial charge in [-0.3, -0.25) is 9.48 Å². The molecule has 0 aliphatic heterocycles. The summed E-state index contributed by atoms with van der Waals surface area (Å²) in [4.78, 5) is 16.9. The van der Waals surface area contributed by atoms with Crippen molar-refractivity contribution in [3.8, 4) is 17.0 Å². The summed E-state index contributed by atoms with van der Waals surface area (Å²) >= 11 is 6.47. The van der Waals surface area contributed by atoms with Crippen LogP contribution in [-0.4, -0.2) is 76.2 Å². The SMILES string of the molecule is CCn1nc(C(=O)NCC2(O)CCC(S(C)(=O)=O)CC2)c(Cl)c1-c1cnc(NC(C)(C)C(F)(F)F)cc1OC(F)F. The molecular formula is C24H31ClF5N5O5S. The van der Waals surface area contributed by atoms with E-state index in [1.807, 2.05) is 0 Å². The van der Waals surface area contributed by atoms with Gasteiger partial charge in [0.15, 0.2) is 5.69 Å². The number of ether oxygens (including phenoxy) is 1. The van der Waals surface area contributed by atoms with E-state index in [0.29, 0.717) is 0 Å². The highest BCUT2D eigenvalue weighted by Gasteiger charge is 2.47. The molecule has 0 bridgehead atoms. The molecule has 2 aromatic heterocycles. The van der Waals surface area contributed by atoms with Crippen LogP contribution in [0.2, 0.25) is 5.02 Å². The van der Waals surface area contributed by atoms with Crippen LogP contribution in [0.1, 0.15) is 56.9 Å². The average Bonchev–Trinajstić information content (AvgIpc) is 3.17. The predicted octanol–water partition coefficient (Wildman–Crippen LogP) is 4.42. The third-order valence-corrected chi connectivity index (χ3v) is 8.98. The normalized spacial score (nSPS) is 20.2. The van der Waals surface area contributed by atoms with E-state index < -0.39 is 56.5 Å². The lowest BCUT2D eigenvalue weighted by atomic mass is 9.84. The van der Waals surface area contributed by atoms with Crippen molar-refractivity contribution in [3.05, 3.63) is 23.0 Å². The third kappa shape index (κ3) is 7.57. The van der Waals surface area contributed by atoms with Crippen LogP contribution in [0.4, 0.5) is 27.8 Å². The molecule has 0 atom stereocenters. The van der Waals surface area contributed by atoms with Crippen LogP contribution in [0.25, 0.3) is 11.3 Å². The Morgan fingerprint density at radius 2 is 1.90 bits per heavy atom. The molecule has 1 aliphatic rings. The number of nitrogens with zero attached hydrogens (tertiary/aromatic N) is 3. The second-order valence-electron chi connectivity index (χ2n) is 10.5. The van der Waals surface area contributed by atoms with E-state index in [0.717, 1.165) is 32.4 Å². The van der Waals surface area contributed by atoms with Crippen molar-refractivity contribution in [2.75, 3.05) is 18.1 Å². The second kappa shape index (κ2) is 11.9. The van der Waals surface area contributed by atoms with Crippen LogP contribution < -0.4 is 15.4 Å². The number of amides is 1. The molecule has 2 aromatic rings. The number of aromatic nitrogens is 3. The summed E-state index contributed by atoms with van der Waals surface area (Å²) in [5.74, 6) is -1.75. The van der Waals surface area contributed by atoms with Crippen LogP contribution >= 0.6 is 11.6 Å². The fraction of sp³-hybridized carbons (Fsp3) is 0.625. The van der Waals surface area contributed by atoms with Gasteiger partial charge < -0.3 is 20.5 Å². The Bertz CT molecular complexity index is 1380. The first-order valence-corrected chi connectivity index (χ1v) is 14.9. The molecule has 0 radical (unpaired) electrons. The van der Waals surface area contributed by atoms with E-state index in [4.69, 9.17) is 11.6 Å². The van der Waals surface area contributed by atoms with Crippen molar-refractivity contribution < 1.29 is 45.0 Å². The van der Waals surface area contributed by atoms with Gasteiger partial charge in [0.05, 0.1) is 27.1 Å².